The summed E-state index contributed by atoms with van der Waals surface area (Å²) in [5, 5.41) is 0.745. The molecule has 1 fully saturated rings. The molecule has 1 atom stereocenters. The molecule has 0 bridgehead atoms. The molecule has 0 radical (unpaired) electrons. The molecule has 3 aromatic rings. The van der Waals surface area contributed by atoms with Crippen LogP contribution in [-0.2, 0) is 9.53 Å². The molecule has 0 spiro atoms. The van der Waals surface area contributed by atoms with Gasteiger partial charge < -0.3 is 9.64 Å². The van der Waals surface area contributed by atoms with Gasteiger partial charge in [0.1, 0.15) is 9.88 Å². The van der Waals surface area contributed by atoms with Crippen molar-refractivity contribution < 1.29 is 14.3 Å². The average Bonchev–Trinajstić information content (AvgIpc) is 3.45. The first kappa shape index (κ1) is 19.3. The van der Waals surface area contributed by atoms with Crippen LogP contribution in [0.15, 0.2) is 60.7 Å². The number of aromatic nitrogens is 1. The highest BCUT2D eigenvalue weighted by Crippen LogP contribution is 2.34. The number of hydrogen-bond donors (Lipinski definition) is 0. The van der Waals surface area contributed by atoms with Crippen LogP contribution in [0.3, 0.4) is 0 Å². The molecule has 1 saturated heterocycles. The van der Waals surface area contributed by atoms with Crippen molar-refractivity contribution in [2.75, 3.05) is 13.1 Å². The van der Waals surface area contributed by atoms with E-state index >= 15 is 0 Å². The Kier molecular flexibility index (Phi) is 5.71. The van der Waals surface area contributed by atoms with Crippen LogP contribution >= 0.6 is 11.3 Å². The fraction of sp³-hybridized carbons (Fsp3) is 0.261. The van der Waals surface area contributed by atoms with Crippen LogP contribution in [0.5, 0.6) is 0 Å². The number of nitrogens with zero attached hydrogens (tertiary/aromatic N) is 2. The van der Waals surface area contributed by atoms with Gasteiger partial charge in [-0.05, 0) is 19.8 Å². The molecular weight excluding hydrogens is 384 g/mol. The standard InChI is InChI=1S/C23H22N2O3S/c1-16(22(26)25-14-8-9-15-25)28-23(27)20-19(17-10-4-2-5-11-17)24-21(29-20)18-12-6-3-7-13-18/h2-7,10-13,16H,8-9,14-15H2,1H3/t16-/m0/s1. The first-order valence-corrected chi connectivity index (χ1v) is 10.6. The highest BCUT2D eigenvalue weighted by atomic mass is 32.1. The second kappa shape index (κ2) is 8.57. The number of likely N-dealkylation sites (tertiary alicyclic amines) is 1. The maximum absolute atomic E-state index is 13.0. The zero-order chi connectivity index (χ0) is 20.2. The minimum atomic E-state index is -0.813. The Balaban J connectivity index is 1.63. The summed E-state index contributed by atoms with van der Waals surface area (Å²) in [7, 11) is 0. The van der Waals surface area contributed by atoms with E-state index in [1.165, 1.54) is 11.3 Å². The Labute approximate surface area is 174 Å². The van der Waals surface area contributed by atoms with Crippen LogP contribution in [-0.4, -0.2) is 41.0 Å². The zero-order valence-corrected chi connectivity index (χ0v) is 17.0. The van der Waals surface area contributed by atoms with Crippen LogP contribution < -0.4 is 0 Å². The molecule has 0 aliphatic carbocycles. The van der Waals surface area contributed by atoms with Gasteiger partial charge in [0.25, 0.3) is 5.91 Å². The number of amides is 1. The summed E-state index contributed by atoms with van der Waals surface area (Å²) in [6.07, 6.45) is 1.19. The largest absolute Gasteiger partial charge is 0.448 e. The van der Waals surface area contributed by atoms with Crippen molar-refractivity contribution >= 4 is 23.2 Å². The Morgan fingerprint density at radius 2 is 1.55 bits per heavy atom. The average molecular weight is 407 g/mol. The topological polar surface area (TPSA) is 59.5 Å². The van der Waals surface area contributed by atoms with Gasteiger partial charge in [-0.25, -0.2) is 9.78 Å². The van der Waals surface area contributed by atoms with Crippen LogP contribution in [0.2, 0.25) is 0 Å². The van der Waals surface area contributed by atoms with E-state index in [0.29, 0.717) is 10.6 Å². The van der Waals surface area contributed by atoms with Gasteiger partial charge in [-0.1, -0.05) is 60.7 Å². The van der Waals surface area contributed by atoms with Crippen molar-refractivity contribution in [3.05, 3.63) is 65.5 Å². The number of hydrogen-bond acceptors (Lipinski definition) is 5. The second-order valence-corrected chi connectivity index (χ2v) is 8.01. The summed E-state index contributed by atoms with van der Waals surface area (Å²) in [6.45, 7) is 3.10. The van der Waals surface area contributed by atoms with Gasteiger partial charge in [0.2, 0.25) is 0 Å². The summed E-state index contributed by atoms with van der Waals surface area (Å²) in [5.41, 5.74) is 2.37. The molecule has 6 heteroatoms. The maximum atomic E-state index is 13.0. The lowest BCUT2D eigenvalue weighted by atomic mass is 10.1. The van der Waals surface area contributed by atoms with Crippen molar-refractivity contribution in [3.63, 3.8) is 0 Å². The molecule has 0 saturated carbocycles. The number of ether oxygens (including phenoxy) is 1. The van der Waals surface area contributed by atoms with Crippen molar-refractivity contribution in [2.45, 2.75) is 25.9 Å². The summed E-state index contributed by atoms with van der Waals surface area (Å²) in [4.78, 5) is 32.4. The van der Waals surface area contributed by atoms with E-state index in [1.54, 1.807) is 11.8 Å². The molecule has 5 nitrogen and oxygen atoms in total. The van der Waals surface area contributed by atoms with Gasteiger partial charge >= 0.3 is 5.97 Å². The van der Waals surface area contributed by atoms with Gasteiger partial charge in [-0.3, -0.25) is 4.79 Å². The van der Waals surface area contributed by atoms with E-state index in [2.05, 4.69) is 0 Å². The number of carbonyl (C=O) groups excluding carboxylic acids is 2. The third kappa shape index (κ3) is 4.22. The van der Waals surface area contributed by atoms with Crippen molar-refractivity contribution in [3.8, 4) is 21.8 Å². The van der Waals surface area contributed by atoms with Crippen LogP contribution in [0.4, 0.5) is 0 Å². The highest BCUT2D eigenvalue weighted by molar-refractivity contribution is 7.17. The smallest absolute Gasteiger partial charge is 0.351 e. The molecule has 4 rings (SSSR count). The number of benzene rings is 2. The first-order chi connectivity index (χ1) is 14.1. The lowest BCUT2D eigenvalue weighted by Gasteiger charge is -2.20. The van der Waals surface area contributed by atoms with E-state index in [4.69, 9.17) is 9.72 Å². The summed E-state index contributed by atoms with van der Waals surface area (Å²) >= 11 is 1.29. The van der Waals surface area contributed by atoms with E-state index in [9.17, 15) is 9.59 Å². The van der Waals surface area contributed by atoms with Gasteiger partial charge in [0.15, 0.2) is 6.10 Å². The first-order valence-electron chi connectivity index (χ1n) is 9.75. The third-order valence-corrected chi connectivity index (χ3v) is 6.01. The lowest BCUT2D eigenvalue weighted by molar-refractivity contribution is -0.138. The van der Waals surface area contributed by atoms with E-state index in [-0.39, 0.29) is 5.91 Å². The number of esters is 1. The molecular formula is C23H22N2O3S. The summed E-state index contributed by atoms with van der Waals surface area (Å²) in [5.74, 6) is -0.645. The van der Waals surface area contributed by atoms with Crippen molar-refractivity contribution in [1.82, 2.24) is 9.88 Å². The van der Waals surface area contributed by atoms with Crippen LogP contribution in [0, 0.1) is 0 Å². The predicted octanol–water partition coefficient (Wildman–Crippen LogP) is 4.64. The maximum Gasteiger partial charge on any atom is 0.351 e. The number of rotatable bonds is 5. The Bertz CT molecular complexity index is 995. The Hall–Kier alpha value is -2.99. The molecule has 148 valence electrons. The predicted molar refractivity (Wildman–Crippen MR) is 114 cm³/mol. The molecule has 1 aliphatic rings. The summed E-state index contributed by atoms with van der Waals surface area (Å²) < 4.78 is 5.56. The molecule has 1 aromatic heterocycles. The Morgan fingerprint density at radius 1 is 0.966 bits per heavy atom. The monoisotopic (exact) mass is 406 g/mol. The molecule has 2 aromatic carbocycles. The minimum absolute atomic E-state index is 0.134. The minimum Gasteiger partial charge on any atom is -0.448 e. The van der Waals surface area contributed by atoms with Gasteiger partial charge in [-0.2, -0.15) is 0 Å². The summed E-state index contributed by atoms with van der Waals surface area (Å²) in [6, 6.07) is 19.3. The van der Waals surface area contributed by atoms with Gasteiger partial charge in [-0.15, -0.1) is 11.3 Å². The number of carbonyl (C=O) groups is 2. The molecule has 29 heavy (non-hydrogen) atoms. The molecule has 0 unspecified atom stereocenters. The molecule has 0 N–H and O–H groups in total. The number of thiazole rings is 1. The fourth-order valence-electron chi connectivity index (χ4n) is 3.41. The van der Waals surface area contributed by atoms with E-state index < -0.39 is 12.1 Å². The molecule has 1 aliphatic heterocycles. The SMILES string of the molecule is C[C@H](OC(=O)c1sc(-c2ccccc2)nc1-c1ccccc1)C(=O)N1CCCC1. The second-order valence-electron chi connectivity index (χ2n) is 7.01. The quantitative estimate of drug-likeness (QED) is 0.579. The van der Waals surface area contributed by atoms with Crippen molar-refractivity contribution in [1.29, 1.82) is 0 Å². The molecule has 2 heterocycles. The highest BCUT2D eigenvalue weighted by Gasteiger charge is 2.29. The third-order valence-electron chi connectivity index (χ3n) is 4.93. The zero-order valence-electron chi connectivity index (χ0n) is 16.2. The van der Waals surface area contributed by atoms with Crippen LogP contribution in [0.1, 0.15) is 29.4 Å². The van der Waals surface area contributed by atoms with E-state index in [1.807, 2.05) is 60.7 Å². The van der Waals surface area contributed by atoms with Gasteiger partial charge in [0, 0.05) is 24.2 Å². The normalized spacial score (nSPS) is 14.6. The fourth-order valence-corrected chi connectivity index (χ4v) is 4.39. The van der Waals surface area contributed by atoms with Crippen molar-refractivity contribution in [2.24, 2.45) is 0 Å². The Morgan fingerprint density at radius 3 is 2.17 bits per heavy atom. The van der Waals surface area contributed by atoms with Crippen LogP contribution in [0.25, 0.3) is 21.8 Å². The lowest BCUT2D eigenvalue weighted by Crippen LogP contribution is -2.38. The van der Waals surface area contributed by atoms with Gasteiger partial charge in [0.05, 0.1) is 5.69 Å². The molecule has 1 amide bonds. The van der Waals surface area contributed by atoms with E-state index in [0.717, 1.165) is 42.1 Å².